The van der Waals surface area contributed by atoms with E-state index in [1.165, 1.54) is 0 Å². The minimum Gasteiger partial charge on any atom is -0.207 e. The molecule has 0 fully saturated rings. The molecule has 0 aliphatic carbocycles. The molecule has 3 heteroatoms. The molecule has 0 radical (unpaired) electrons. The summed E-state index contributed by atoms with van der Waals surface area (Å²) in [5.74, 6) is -2.82. The summed E-state index contributed by atoms with van der Waals surface area (Å²) in [6.45, 7) is 5.73. The number of benzene rings is 1. The van der Waals surface area contributed by atoms with Crippen molar-refractivity contribution in [1.29, 1.82) is 0 Å². The van der Waals surface area contributed by atoms with Crippen molar-refractivity contribution in [1.82, 2.24) is 0 Å². The molecule has 0 heterocycles. The molecule has 0 aromatic heterocycles. The average molecular weight is 202 g/mol. The second-order valence-electron chi connectivity index (χ2n) is 4.60. The Balaban J connectivity index is 3.04. The van der Waals surface area contributed by atoms with Crippen molar-refractivity contribution in [3.05, 3.63) is 35.1 Å². The summed E-state index contributed by atoms with van der Waals surface area (Å²) in [5.41, 5.74) is 0.0712. The van der Waals surface area contributed by atoms with Crippen LogP contribution in [0.1, 0.15) is 26.3 Å². The van der Waals surface area contributed by atoms with Crippen LogP contribution in [-0.4, -0.2) is 0 Å². The van der Waals surface area contributed by atoms with Gasteiger partial charge >= 0.3 is 0 Å². The van der Waals surface area contributed by atoms with E-state index in [1.807, 2.05) is 20.8 Å². The third-order valence-electron chi connectivity index (χ3n) is 1.81. The van der Waals surface area contributed by atoms with Crippen LogP contribution >= 0.6 is 0 Å². The van der Waals surface area contributed by atoms with Crippen molar-refractivity contribution >= 4 is 0 Å². The molecule has 1 rings (SSSR count). The van der Waals surface area contributed by atoms with Crippen LogP contribution in [0, 0.1) is 22.9 Å². The highest BCUT2D eigenvalue weighted by molar-refractivity contribution is 5.21. The van der Waals surface area contributed by atoms with Gasteiger partial charge < -0.3 is 0 Å². The van der Waals surface area contributed by atoms with Crippen molar-refractivity contribution in [2.75, 3.05) is 0 Å². The lowest BCUT2D eigenvalue weighted by molar-refractivity contribution is 0.397. The second kappa shape index (κ2) is 3.64. The van der Waals surface area contributed by atoms with Gasteiger partial charge in [-0.15, -0.1) is 0 Å². The lowest BCUT2D eigenvalue weighted by Gasteiger charge is -2.18. The Hall–Kier alpha value is -0.990. The molecular formula is C11H13F3. The van der Waals surface area contributed by atoms with Gasteiger partial charge in [0.25, 0.3) is 0 Å². The van der Waals surface area contributed by atoms with Crippen LogP contribution in [0.4, 0.5) is 13.2 Å². The highest BCUT2D eigenvalue weighted by Gasteiger charge is 2.16. The molecule has 0 aliphatic rings. The van der Waals surface area contributed by atoms with Gasteiger partial charge in [0.05, 0.1) is 0 Å². The third kappa shape index (κ3) is 2.76. The van der Waals surface area contributed by atoms with E-state index in [4.69, 9.17) is 0 Å². The summed E-state index contributed by atoms with van der Waals surface area (Å²) in [6, 6.07) is 1.52. The van der Waals surface area contributed by atoms with Gasteiger partial charge in [-0.05, 0) is 23.5 Å². The smallest absolute Gasteiger partial charge is 0.161 e. The van der Waals surface area contributed by atoms with Crippen LogP contribution in [0.2, 0.25) is 0 Å². The average Bonchev–Trinajstić information content (AvgIpc) is 1.97. The molecule has 0 spiro atoms. The van der Waals surface area contributed by atoms with Gasteiger partial charge in [-0.1, -0.05) is 20.8 Å². The number of halogens is 3. The molecule has 0 amide bonds. The SMILES string of the molecule is CC(C)(C)Cc1cc(F)c(F)cc1F. The van der Waals surface area contributed by atoms with Gasteiger partial charge in [0.2, 0.25) is 0 Å². The van der Waals surface area contributed by atoms with Crippen molar-refractivity contribution in [2.45, 2.75) is 27.2 Å². The lowest BCUT2D eigenvalue weighted by atomic mass is 9.88. The van der Waals surface area contributed by atoms with Crippen LogP contribution in [0.3, 0.4) is 0 Å². The van der Waals surface area contributed by atoms with Gasteiger partial charge in [-0.3, -0.25) is 0 Å². The summed E-state index contributed by atoms with van der Waals surface area (Å²) in [4.78, 5) is 0. The molecule has 0 saturated carbocycles. The third-order valence-corrected chi connectivity index (χ3v) is 1.81. The van der Waals surface area contributed by atoms with Gasteiger partial charge in [0, 0.05) is 6.07 Å². The summed E-state index contributed by atoms with van der Waals surface area (Å²) in [6.07, 6.45) is 0.385. The van der Waals surface area contributed by atoms with Crippen LogP contribution in [-0.2, 0) is 6.42 Å². The van der Waals surface area contributed by atoms with Crippen LogP contribution in [0.25, 0.3) is 0 Å². The Labute approximate surface area is 81.8 Å². The lowest BCUT2D eigenvalue weighted by Crippen LogP contribution is -2.11. The van der Waals surface area contributed by atoms with E-state index in [9.17, 15) is 13.2 Å². The Morgan fingerprint density at radius 2 is 1.43 bits per heavy atom. The zero-order chi connectivity index (χ0) is 10.9. The van der Waals surface area contributed by atoms with E-state index in [0.29, 0.717) is 12.5 Å². The van der Waals surface area contributed by atoms with Crippen LogP contribution in [0.5, 0.6) is 0 Å². The second-order valence-corrected chi connectivity index (χ2v) is 4.60. The Bertz CT molecular complexity index is 337. The highest BCUT2D eigenvalue weighted by atomic mass is 19.2. The Kier molecular flexibility index (Phi) is 2.88. The van der Waals surface area contributed by atoms with Crippen molar-refractivity contribution < 1.29 is 13.2 Å². The van der Waals surface area contributed by atoms with Crippen molar-refractivity contribution in [2.24, 2.45) is 5.41 Å². The van der Waals surface area contributed by atoms with E-state index >= 15 is 0 Å². The zero-order valence-corrected chi connectivity index (χ0v) is 8.50. The van der Waals surface area contributed by atoms with E-state index in [-0.39, 0.29) is 11.0 Å². The highest BCUT2D eigenvalue weighted by Crippen LogP contribution is 2.23. The fourth-order valence-corrected chi connectivity index (χ4v) is 1.27. The van der Waals surface area contributed by atoms with Crippen LogP contribution in [0.15, 0.2) is 12.1 Å². The fourth-order valence-electron chi connectivity index (χ4n) is 1.27. The van der Waals surface area contributed by atoms with Crippen LogP contribution < -0.4 is 0 Å². The number of rotatable bonds is 1. The monoisotopic (exact) mass is 202 g/mol. The first-order valence-corrected chi connectivity index (χ1v) is 4.43. The fraction of sp³-hybridized carbons (Fsp3) is 0.455. The summed E-state index contributed by atoms with van der Waals surface area (Å²) in [5, 5.41) is 0. The molecule has 0 unspecified atom stereocenters. The van der Waals surface area contributed by atoms with Gasteiger partial charge in [0.1, 0.15) is 5.82 Å². The minimum absolute atomic E-state index is 0.148. The predicted molar refractivity (Wildman–Crippen MR) is 49.5 cm³/mol. The summed E-state index contributed by atoms with van der Waals surface area (Å²) < 4.78 is 38.5. The van der Waals surface area contributed by atoms with Crippen molar-refractivity contribution in [3.8, 4) is 0 Å². The molecular weight excluding hydrogens is 189 g/mol. The zero-order valence-electron chi connectivity index (χ0n) is 8.50. The summed E-state index contributed by atoms with van der Waals surface area (Å²) >= 11 is 0. The molecule has 0 aliphatic heterocycles. The molecule has 0 nitrogen and oxygen atoms in total. The maximum absolute atomic E-state index is 13.2. The Morgan fingerprint density at radius 1 is 0.929 bits per heavy atom. The maximum Gasteiger partial charge on any atom is 0.161 e. The molecule has 0 N–H and O–H groups in total. The molecule has 1 aromatic rings. The van der Waals surface area contributed by atoms with Gasteiger partial charge in [0.15, 0.2) is 11.6 Å². The normalized spacial score (nSPS) is 11.9. The van der Waals surface area contributed by atoms with E-state index < -0.39 is 17.5 Å². The first-order chi connectivity index (χ1) is 6.29. The molecule has 0 saturated heterocycles. The minimum atomic E-state index is -1.14. The molecule has 14 heavy (non-hydrogen) atoms. The first kappa shape index (κ1) is 11.1. The predicted octanol–water partition coefficient (Wildman–Crippen LogP) is 3.69. The largest absolute Gasteiger partial charge is 0.207 e. The standard InChI is InChI=1S/C11H13F3/c1-11(2,3)6-7-4-9(13)10(14)5-8(7)12/h4-5H,6H2,1-3H3. The van der Waals surface area contributed by atoms with Gasteiger partial charge in [-0.25, -0.2) is 13.2 Å². The number of hydrogen-bond acceptors (Lipinski definition) is 0. The quantitative estimate of drug-likeness (QED) is 0.609. The van der Waals surface area contributed by atoms with Gasteiger partial charge in [-0.2, -0.15) is 0 Å². The molecule has 0 atom stereocenters. The molecule has 78 valence electrons. The number of hydrogen-bond donors (Lipinski definition) is 0. The van der Waals surface area contributed by atoms with E-state index in [2.05, 4.69) is 0 Å². The molecule has 0 bridgehead atoms. The van der Waals surface area contributed by atoms with Crippen molar-refractivity contribution in [3.63, 3.8) is 0 Å². The maximum atomic E-state index is 13.2. The Morgan fingerprint density at radius 3 is 1.93 bits per heavy atom. The first-order valence-electron chi connectivity index (χ1n) is 4.43. The topological polar surface area (TPSA) is 0 Å². The summed E-state index contributed by atoms with van der Waals surface area (Å²) in [7, 11) is 0. The molecule has 1 aromatic carbocycles. The van der Waals surface area contributed by atoms with E-state index in [1.54, 1.807) is 0 Å². The van der Waals surface area contributed by atoms with E-state index in [0.717, 1.165) is 6.07 Å².